The minimum atomic E-state index is -0.481. The Balaban J connectivity index is 2.32. The van der Waals surface area contributed by atoms with Gasteiger partial charge in [0.2, 0.25) is 0 Å². The van der Waals surface area contributed by atoms with E-state index >= 15 is 0 Å². The highest BCUT2D eigenvalue weighted by Gasteiger charge is 2.20. The SMILES string of the molecule is CCOC(=O)c1nnn(Cc2cc(C)ccc2C)c1CN. The van der Waals surface area contributed by atoms with Crippen LogP contribution in [-0.4, -0.2) is 27.6 Å². The van der Waals surface area contributed by atoms with Gasteiger partial charge in [0.05, 0.1) is 18.8 Å². The van der Waals surface area contributed by atoms with Gasteiger partial charge in [-0.1, -0.05) is 29.0 Å². The van der Waals surface area contributed by atoms with Gasteiger partial charge in [-0.3, -0.25) is 0 Å². The van der Waals surface area contributed by atoms with E-state index in [0.717, 1.165) is 11.1 Å². The summed E-state index contributed by atoms with van der Waals surface area (Å²) in [5, 5.41) is 7.95. The summed E-state index contributed by atoms with van der Waals surface area (Å²) in [7, 11) is 0. The third-order valence-corrected chi connectivity index (χ3v) is 3.32. The van der Waals surface area contributed by atoms with Gasteiger partial charge in [-0.15, -0.1) is 5.10 Å². The zero-order chi connectivity index (χ0) is 15.4. The summed E-state index contributed by atoms with van der Waals surface area (Å²) in [4.78, 5) is 11.8. The molecule has 21 heavy (non-hydrogen) atoms. The molecule has 1 aromatic heterocycles. The Labute approximate surface area is 123 Å². The first-order chi connectivity index (χ1) is 10.1. The van der Waals surface area contributed by atoms with Gasteiger partial charge in [0.15, 0.2) is 5.69 Å². The van der Waals surface area contributed by atoms with E-state index < -0.39 is 5.97 Å². The van der Waals surface area contributed by atoms with E-state index in [4.69, 9.17) is 10.5 Å². The number of rotatable bonds is 5. The fourth-order valence-corrected chi connectivity index (χ4v) is 2.15. The van der Waals surface area contributed by atoms with Crippen molar-refractivity contribution in [1.29, 1.82) is 0 Å². The molecule has 1 heterocycles. The van der Waals surface area contributed by atoms with Crippen molar-refractivity contribution in [2.75, 3.05) is 6.61 Å². The molecule has 0 radical (unpaired) electrons. The van der Waals surface area contributed by atoms with Crippen molar-refractivity contribution in [3.05, 3.63) is 46.3 Å². The summed E-state index contributed by atoms with van der Waals surface area (Å²) in [6, 6.07) is 6.23. The van der Waals surface area contributed by atoms with Crippen molar-refractivity contribution < 1.29 is 9.53 Å². The van der Waals surface area contributed by atoms with Crippen LogP contribution in [0.3, 0.4) is 0 Å². The molecule has 0 aliphatic heterocycles. The van der Waals surface area contributed by atoms with E-state index in [-0.39, 0.29) is 12.2 Å². The van der Waals surface area contributed by atoms with Crippen LogP contribution in [0.4, 0.5) is 0 Å². The van der Waals surface area contributed by atoms with Gasteiger partial charge in [0.25, 0.3) is 0 Å². The summed E-state index contributed by atoms with van der Waals surface area (Å²) in [6.45, 7) is 6.85. The first kappa shape index (κ1) is 15.2. The highest BCUT2D eigenvalue weighted by molar-refractivity contribution is 5.88. The molecule has 0 bridgehead atoms. The highest BCUT2D eigenvalue weighted by atomic mass is 16.5. The summed E-state index contributed by atoms with van der Waals surface area (Å²) in [5.74, 6) is -0.481. The molecule has 2 aromatic rings. The minimum Gasteiger partial charge on any atom is -0.461 e. The Morgan fingerprint density at radius 2 is 2.14 bits per heavy atom. The van der Waals surface area contributed by atoms with Gasteiger partial charge in [-0.05, 0) is 31.9 Å². The number of hydrogen-bond acceptors (Lipinski definition) is 5. The molecule has 0 fully saturated rings. The Kier molecular flexibility index (Phi) is 4.70. The van der Waals surface area contributed by atoms with E-state index in [1.807, 2.05) is 13.8 Å². The fraction of sp³-hybridized carbons (Fsp3) is 0.400. The molecule has 0 spiro atoms. The van der Waals surface area contributed by atoms with E-state index in [1.54, 1.807) is 11.6 Å². The van der Waals surface area contributed by atoms with E-state index in [9.17, 15) is 4.79 Å². The molecule has 0 aliphatic rings. The minimum absolute atomic E-state index is 0.187. The maximum absolute atomic E-state index is 11.8. The average molecular weight is 288 g/mol. The first-order valence-corrected chi connectivity index (χ1v) is 6.92. The molecule has 0 atom stereocenters. The second kappa shape index (κ2) is 6.49. The van der Waals surface area contributed by atoms with Crippen LogP contribution in [0.5, 0.6) is 0 Å². The van der Waals surface area contributed by atoms with Crippen molar-refractivity contribution in [2.24, 2.45) is 5.73 Å². The average Bonchev–Trinajstić information content (AvgIpc) is 2.86. The van der Waals surface area contributed by atoms with E-state index in [1.165, 1.54) is 5.56 Å². The second-order valence-electron chi connectivity index (χ2n) is 4.90. The number of aryl methyl sites for hydroxylation is 2. The van der Waals surface area contributed by atoms with Gasteiger partial charge in [-0.25, -0.2) is 9.48 Å². The van der Waals surface area contributed by atoms with Gasteiger partial charge in [-0.2, -0.15) is 0 Å². The predicted octanol–water partition coefficient (Wildman–Crippen LogP) is 1.58. The third kappa shape index (κ3) is 3.28. The Morgan fingerprint density at radius 1 is 1.38 bits per heavy atom. The standard InChI is InChI=1S/C15H20N4O2/c1-4-21-15(20)14-13(8-16)19(18-17-14)9-12-7-10(2)5-6-11(12)3/h5-7H,4,8-9,16H2,1-3H3. The van der Waals surface area contributed by atoms with Crippen LogP contribution in [0.25, 0.3) is 0 Å². The molecule has 0 aliphatic carbocycles. The van der Waals surface area contributed by atoms with Crippen LogP contribution in [-0.2, 0) is 17.8 Å². The topological polar surface area (TPSA) is 83.0 Å². The lowest BCUT2D eigenvalue weighted by Crippen LogP contribution is -2.15. The molecule has 0 unspecified atom stereocenters. The number of carbonyl (C=O) groups is 1. The monoisotopic (exact) mass is 288 g/mol. The van der Waals surface area contributed by atoms with Crippen LogP contribution in [0.15, 0.2) is 18.2 Å². The number of aromatic nitrogens is 3. The molecule has 0 saturated carbocycles. The quantitative estimate of drug-likeness (QED) is 0.845. The lowest BCUT2D eigenvalue weighted by molar-refractivity contribution is 0.0518. The van der Waals surface area contributed by atoms with E-state index in [2.05, 4.69) is 28.5 Å². The molecule has 2 N–H and O–H groups in total. The largest absolute Gasteiger partial charge is 0.461 e. The number of nitrogens with zero attached hydrogens (tertiary/aromatic N) is 3. The molecule has 0 amide bonds. The fourth-order valence-electron chi connectivity index (χ4n) is 2.15. The van der Waals surface area contributed by atoms with Crippen LogP contribution < -0.4 is 5.73 Å². The molecule has 112 valence electrons. The number of esters is 1. The second-order valence-corrected chi connectivity index (χ2v) is 4.90. The van der Waals surface area contributed by atoms with Gasteiger partial charge in [0, 0.05) is 6.54 Å². The van der Waals surface area contributed by atoms with Gasteiger partial charge < -0.3 is 10.5 Å². The third-order valence-electron chi connectivity index (χ3n) is 3.32. The maximum Gasteiger partial charge on any atom is 0.360 e. The normalized spacial score (nSPS) is 10.7. The van der Waals surface area contributed by atoms with Crippen molar-refractivity contribution in [3.63, 3.8) is 0 Å². The van der Waals surface area contributed by atoms with Crippen LogP contribution in [0, 0.1) is 13.8 Å². The van der Waals surface area contributed by atoms with E-state index in [0.29, 0.717) is 18.8 Å². The molecule has 6 heteroatoms. The summed E-state index contributed by atoms with van der Waals surface area (Å²) < 4.78 is 6.63. The zero-order valence-corrected chi connectivity index (χ0v) is 12.6. The van der Waals surface area contributed by atoms with Crippen molar-refractivity contribution in [1.82, 2.24) is 15.0 Å². The van der Waals surface area contributed by atoms with Gasteiger partial charge >= 0.3 is 5.97 Å². The van der Waals surface area contributed by atoms with Crippen LogP contribution >= 0.6 is 0 Å². The number of carbonyl (C=O) groups excluding carboxylic acids is 1. The van der Waals surface area contributed by atoms with Gasteiger partial charge in [0.1, 0.15) is 0 Å². The Morgan fingerprint density at radius 3 is 2.81 bits per heavy atom. The summed E-state index contributed by atoms with van der Waals surface area (Å²) in [6.07, 6.45) is 0. The summed E-state index contributed by atoms with van der Waals surface area (Å²) in [5.41, 5.74) is 10.0. The van der Waals surface area contributed by atoms with Crippen molar-refractivity contribution in [3.8, 4) is 0 Å². The number of benzene rings is 1. The molecule has 6 nitrogen and oxygen atoms in total. The molecule has 1 aromatic carbocycles. The summed E-state index contributed by atoms with van der Waals surface area (Å²) >= 11 is 0. The highest BCUT2D eigenvalue weighted by Crippen LogP contribution is 2.14. The smallest absolute Gasteiger partial charge is 0.360 e. The van der Waals surface area contributed by atoms with Crippen molar-refractivity contribution >= 4 is 5.97 Å². The zero-order valence-electron chi connectivity index (χ0n) is 12.6. The number of hydrogen-bond donors (Lipinski definition) is 1. The Hall–Kier alpha value is -2.21. The number of ether oxygens (including phenoxy) is 1. The molecule has 0 saturated heterocycles. The van der Waals surface area contributed by atoms with Crippen LogP contribution in [0.2, 0.25) is 0 Å². The molecule has 2 rings (SSSR count). The molecular weight excluding hydrogens is 268 g/mol. The lowest BCUT2D eigenvalue weighted by atomic mass is 10.1. The van der Waals surface area contributed by atoms with Crippen molar-refractivity contribution in [2.45, 2.75) is 33.9 Å². The predicted molar refractivity (Wildman–Crippen MR) is 78.9 cm³/mol. The number of nitrogens with two attached hydrogens (primary N) is 1. The molecular formula is C15H20N4O2. The maximum atomic E-state index is 11.8. The van der Waals surface area contributed by atoms with Crippen LogP contribution in [0.1, 0.15) is 39.8 Å². The first-order valence-electron chi connectivity index (χ1n) is 6.92. The Bertz CT molecular complexity index is 649. The lowest BCUT2D eigenvalue weighted by Gasteiger charge is -2.09.